The summed E-state index contributed by atoms with van der Waals surface area (Å²) < 4.78 is 17.4. The molecule has 0 unspecified atom stereocenters. The van der Waals surface area contributed by atoms with Gasteiger partial charge in [-0.2, -0.15) is 0 Å². The molecule has 0 atom stereocenters. The molecule has 0 heterocycles. The Morgan fingerprint density at radius 3 is 2.85 bits per heavy atom. The number of carbonyl (C=O) groups is 1. The molecule has 0 saturated heterocycles. The molecule has 5 heteroatoms. The van der Waals surface area contributed by atoms with Crippen molar-refractivity contribution in [3.05, 3.63) is 34.1 Å². The zero-order valence-electron chi connectivity index (χ0n) is 6.46. The van der Waals surface area contributed by atoms with Crippen LogP contribution in [0.4, 0.5) is 9.18 Å². The third-order valence-corrected chi connectivity index (χ3v) is 2.10. The number of ether oxygens (including phenoxy) is 1. The number of hydrogen-bond acceptors (Lipinski definition) is 2. The molecule has 1 aromatic carbocycles. The van der Waals surface area contributed by atoms with E-state index in [-0.39, 0.29) is 12.4 Å². The number of carboxylic acid groups (broad SMARTS) is 1. The molecule has 0 radical (unpaired) electrons. The first-order valence-electron chi connectivity index (χ1n) is 3.39. The lowest BCUT2D eigenvalue weighted by Crippen LogP contribution is -2.00. The van der Waals surface area contributed by atoms with E-state index in [1.807, 2.05) is 0 Å². The molecular formula is C8H6BrFO3. The molecule has 0 aliphatic rings. The molecule has 0 aromatic heterocycles. The van der Waals surface area contributed by atoms with Gasteiger partial charge in [0.2, 0.25) is 0 Å². The quantitative estimate of drug-likeness (QED) is 0.819. The van der Waals surface area contributed by atoms with Crippen molar-refractivity contribution in [1.82, 2.24) is 0 Å². The lowest BCUT2D eigenvalue weighted by molar-refractivity contribution is 0.0852. The minimum absolute atomic E-state index is 0.0871. The number of hydrogen-bond donors (Lipinski definition) is 1. The van der Waals surface area contributed by atoms with Gasteiger partial charge >= 0.3 is 6.16 Å². The first kappa shape index (κ1) is 9.98. The van der Waals surface area contributed by atoms with E-state index in [4.69, 9.17) is 5.11 Å². The molecule has 1 aromatic rings. The van der Waals surface area contributed by atoms with Crippen molar-refractivity contribution in [3.8, 4) is 0 Å². The second-order valence-corrected chi connectivity index (χ2v) is 3.14. The van der Waals surface area contributed by atoms with Crippen molar-refractivity contribution in [3.63, 3.8) is 0 Å². The Hall–Kier alpha value is -1.10. The van der Waals surface area contributed by atoms with Crippen molar-refractivity contribution in [2.45, 2.75) is 6.61 Å². The average molecular weight is 249 g/mol. The van der Waals surface area contributed by atoms with Gasteiger partial charge in [-0.05, 0) is 12.1 Å². The maximum atomic E-state index is 12.6. The molecule has 13 heavy (non-hydrogen) atoms. The molecule has 0 aliphatic heterocycles. The van der Waals surface area contributed by atoms with E-state index in [0.717, 1.165) is 0 Å². The summed E-state index contributed by atoms with van der Waals surface area (Å²) >= 11 is 3.08. The first-order valence-corrected chi connectivity index (χ1v) is 4.18. The van der Waals surface area contributed by atoms with Gasteiger partial charge in [-0.25, -0.2) is 9.18 Å². The molecule has 1 N–H and O–H groups in total. The van der Waals surface area contributed by atoms with E-state index < -0.39 is 6.16 Å². The number of rotatable bonds is 2. The van der Waals surface area contributed by atoms with Gasteiger partial charge in [0, 0.05) is 10.0 Å². The Morgan fingerprint density at radius 1 is 1.62 bits per heavy atom. The van der Waals surface area contributed by atoms with E-state index >= 15 is 0 Å². The lowest BCUT2D eigenvalue weighted by atomic mass is 10.2. The second kappa shape index (κ2) is 4.23. The molecule has 0 bridgehead atoms. The van der Waals surface area contributed by atoms with Crippen LogP contribution in [0.2, 0.25) is 0 Å². The van der Waals surface area contributed by atoms with Gasteiger partial charge in [0.1, 0.15) is 12.4 Å². The second-order valence-electron chi connectivity index (χ2n) is 2.29. The highest BCUT2D eigenvalue weighted by atomic mass is 79.9. The molecule has 0 saturated carbocycles. The smallest absolute Gasteiger partial charge is 0.450 e. The highest BCUT2D eigenvalue weighted by Crippen LogP contribution is 2.18. The Bertz CT molecular complexity index is 327. The zero-order valence-corrected chi connectivity index (χ0v) is 8.04. The number of benzene rings is 1. The van der Waals surface area contributed by atoms with Gasteiger partial charge in [-0.3, -0.25) is 0 Å². The normalized spacial score (nSPS) is 9.69. The topological polar surface area (TPSA) is 46.5 Å². The van der Waals surface area contributed by atoms with E-state index in [9.17, 15) is 9.18 Å². The van der Waals surface area contributed by atoms with Crippen LogP contribution < -0.4 is 0 Å². The van der Waals surface area contributed by atoms with Crippen LogP contribution in [-0.2, 0) is 11.3 Å². The molecule has 0 spiro atoms. The summed E-state index contributed by atoms with van der Waals surface area (Å²) in [6, 6.07) is 3.95. The third-order valence-electron chi connectivity index (χ3n) is 1.37. The predicted molar refractivity (Wildman–Crippen MR) is 46.9 cm³/mol. The standard InChI is InChI=1S/C8H6BrFO3/c9-7-3-6(10)2-1-5(7)4-13-8(11)12/h1-3H,4H2,(H,11,12). The molecule has 0 amide bonds. The molecular weight excluding hydrogens is 243 g/mol. The molecule has 3 nitrogen and oxygen atoms in total. The summed E-state index contributed by atoms with van der Waals surface area (Å²) in [7, 11) is 0. The Morgan fingerprint density at radius 2 is 2.31 bits per heavy atom. The average Bonchev–Trinajstić information content (AvgIpc) is 2.02. The summed E-state index contributed by atoms with van der Waals surface area (Å²) in [6.45, 7) is -0.0871. The van der Waals surface area contributed by atoms with Crippen molar-refractivity contribution in [1.29, 1.82) is 0 Å². The van der Waals surface area contributed by atoms with Crippen LogP contribution in [0, 0.1) is 5.82 Å². The van der Waals surface area contributed by atoms with Gasteiger partial charge in [0.25, 0.3) is 0 Å². The number of halogens is 2. The zero-order chi connectivity index (χ0) is 9.84. The molecule has 0 fully saturated rings. The van der Waals surface area contributed by atoms with Crippen LogP contribution in [-0.4, -0.2) is 11.3 Å². The highest BCUT2D eigenvalue weighted by molar-refractivity contribution is 9.10. The van der Waals surface area contributed by atoms with E-state index in [2.05, 4.69) is 20.7 Å². The van der Waals surface area contributed by atoms with Gasteiger partial charge in [0.15, 0.2) is 0 Å². The predicted octanol–water partition coefficient (Wildman–Crippen LogP) is 2.78. The van der Waals surface area contributed by atoms with Crippen molar-refractivity contribution in [2.75, 3.05) is 0 Å². The Labute approximate surface area is 82.3 Å². The molecule has 0 aliphatic carbocycles. The highest BCUT2D eigenvalue weighted by Gasteiger charge is 2.03. The largest absolute Gasteiger partial charge is 0.506 e. The van der Waals surface area contributed by atoms with Crippen LogP contribution in [0.5, 0.6) is 0 Å². The Kier molecular flexibility index (Phi) is 3.25. The molecule has 70 valence electrons. The summed E-state index contributed by atoms with van der Waals surface area (Å²) in [6.07, 6.45) is -1.35. The third kappa shape index (κ3) is 3.02. The minimum Gasteiger partial charge on any atom is -0.450 e. The van der Waals surface area contributed by atoms with Crippen molar-refractivity contribution in [2.24, 2.45) is 0 Å². The fraction of sp³-hybridized carbons (Fsp3) is 0.125. The summed E-state index contributed by atoms with van der Waals surface area (Å²) in [5.41, 5.74) is 0.587. The molecule has 1 rings (SSSR count). The van der Waals surface area contributed by atoms with Crippen molar-refractivity contribution < 1.29 is 19.0 Å². The fourth-order valence-electron chi connectivity index (χ4n) is 0.778. The maximum absolute atomic E-state index is 12.6. The SMILES string of the molecule is O=C(O)OCc1ccc(F)cc1Br. The fourth-order valence-corrected chi connectivity index (χ4v) is 1.24. The maximum Gasteiger partial charge on any atom is 0.506 e. The van der Waals surface area contributed by atoms with Crippen molar-refractivity contribution >= 4 is 22.1 Å². The summed E-state index contributed by atoms with van der Waals surface area (Å²) in [5.74, 6) is -0.383. The van der Waals surface area contributed by atoms with Gasteiger partial charge < -0.3 is 9.84 Å². The summed E-state index contributed by atoms with van der Waals surface area (Å²) in [5, 5.41) is 8.21. The van der Waals surface area contributed by atoms with Gasteiger partial charge in [-0.1, -0.05) is 22.0 Å². The monoisotopic (exact) mass is 248 g/mol. The van der Waals surface area contributed by atoms with Crippen LogP contribution in [0.15, 0.2) is 22.7 Å². The lowest BCUT2D eigenvalue weighted by Gasteiger charge is -2.03. The van der Waals surface area contributed by atoms with E-state index in [1.165, 1.54) is 18.2 Å². The van der Waals surface area contributed by atoms with Gasteiger partial charge in [-0.15, -0.1) is 0 Å². The van der Waals surface area contributed by atoms with E-state index in [1.54, 1.807) is 0 Å². The summed E-state index contributed by atoms with van der Waals surface area (Å²) in [4.78, 5) is 10.0. The van der Waals surface area contributed by atoms with Crippen LogP contribution >= 0.6 is 15.9 Å². The Balaban J connectivity index is 2.72. The van der Waals surface area contributed by atoms with E-state index in [0.29, 0.717) is 10.0 Å². The van der Waals surface area contributed by atoms with Crippen LogP contribution in [0.25, 0.3) is 0 Å². The van der Waals surface area contributed by atoms with Crippen LogP contribution in [0.3, 0.4) is 0 Å². The first-order chi connectivity index (χ1) is 6.09. The van der Waals surface area contributed by atoms with Gasteiger partial charge in [0.05, 0.1) is 0 Å². The van der Waals surface area contributed by atoms with Crippen LogP contribution in [0.1, 0.15) is 5.56 Å². The minimum atomic E-state index is -1.35.